The number of nitriles is 1. The largest absolute Gasteiger partial charge is 0.223 e. The molecule has 0 radical (unpaired) electrons. The molecule has 0 N–H and O–H groups in total. The van der Waals surface area contributed by atoms with Crippen LogP contribution >= 0.6 is 0 Å². The maximum absolute atomic E-state index is 12.4. The average molecular weight is 271 g/mol. The van der Waals surface area contributed by atoms with Crippen LogP contribution in [0.2, 0.25) is 0 Å². The van der Waals surface area contributed by atoms with Gasteiger partial charge in [-0.3, -0.25) is 0 Å². The number of hydrogen-bond acceptors (Lipinski definition) is 3. The van der Waals surface area contributed by atoms with E-state index in [1.54, 1.807) is 55.5 Å². The monoisotopic (exact) mass is 271 g/mol. The second-order valence-electron chi connectivity index (χ2n) is 4.29. The van der Waals surface area contributed by atoms with Gasteiger partial charge in [-0.2, -0.15) is 5.26 Å². The molecular weight excluding hydrogens is 258 g/mol. The molecule has 0 aliphatic rings. The maximum Gasteiger partial charge on any atom is 0.182 e. The Morgan fingerprint density at radius 2 is 1.68 bits per heavy atom. The van der Waals surface area contributed by atoms with Gasteiger partial charge in [-0.25, -0.2) is 8.42 Å². The fraction of sp³-hybridized carbons (Fsp3) is 0.133. The summed E-state index contributed by atoms with van der Waals surface area (Å²) in [6.45, 7) is 1.77. The molecule has 0 atom stereocenters. The van der Waals surface area contributed by atoms with Crippen molar-refractivity contribution in [1.29, 1.82) is 5.26 Å². The first kappa shape index (κ1) is 13.3. The van der Waals surface area contributed by atoms with Gasteiger partial charge in [0.25, 0.3) is 0 Å². The molecule has 2 rings (SSSR count). The number of hydrogen-bond donors (Lipinski definition) is 0. The first-order valence-electron chi connectivity index (χ1n) is 5.81. The SMILES string of the molecule is Cc1ccccc1S(=O)(=O)Cc1ccccc1C#N. The van der Waals surface area contributed by atoms with Crippen molar-refractivity contribution in [1.82, 2.24) is 0 Å². The predicted molar refractivity (Wildman–Crippen MR) is 73.2 cm³/mol. The summed E-state index contributed by atoms with van der Waals surface area (Å²) in [5.41, 5.74) is 1.66. The first-order chi connectivity index (χ1) is 9.04. The van der Waals surface area contributed by atoms with Crippen LogP contribution < -0.4 is 0 Å². The summed E-state index contributed by atoms with van der Waals surface area (Å²) < 4.78 is 24.8. The van der Waals surface area contributed by atoms with Crippen molar-refractivity contribution >= 4 is 9.84 Å². The Hall–Kier alpha value is -2.12. The fourth-order valence-electron chi connectivity index (χ4n) is 1.94. The Balaban J connectivity index is 2.44. The zero-order valence-corrected chi connectivity index (χ0v) is 11.3. The van der Waals surface area contributed by atoms with Gasteiger partial charge < -0.3 is 0 Å². The van der Waals surface area contributed by atoms with Crippen LogP contribution in [-0.4, -0.2) is 8.42 Å². The molecule has 19 heavy (non-hydrogen) atoms. The number of nitrogens with zero attached hydrogens (tertiary/aromatic N) is 1. The van der Waals surface area contributed by atoms with E-state index in [0.29, 0.717) is 16.0 Å². The average Bonchev–Trinajstić information content (AvgIpc) is 2.39. The van der Waals surface area contributed by atoms with E-state index < -0.39 is 9.84 Å². The highest BCUT2D eigenvalue weighted by atomic mass is 32.2. The van der Waals surface area contributed by atoms with Crippen LogP contribution in [0.3, 0.4) is 0 Å². The lowest BCUT2D eigenvalue weighted by atomic mass is 10.1. The second-order valence-corrected chi connectivity index (χ2v) is 6.25. The summed E-state index contributed by atoms with van der Waals surface area (Å²) >= 11 is 0. The lowest BCUT2D eigenvalue weighted by molar-refractivity contribution is 0.594. The molecule has 0 fully saturated rings. The molecule has 96 valence electrons. The lowest BCUT2D eigenvalue weighted by Gasteiger charge is -2.08. The molecule has 0 aliphatic heterocycles. The van der Waals surface area contributed by atoms with Crippen molar-refractivity contribution in [3.05, 3.63) is 65.2 Å². The van der Waals surface area contributed by atoms with Gasteiger partial charge in [0, 0.05) is 0 Å². The fourth-order valence-corrected chi connectivity index (χ4v) is 3.60. The van der Waals surface area contributed by atoms with E-state index in [4.69, 9.17) is 5.26 Å². The van der Waals surface area contributed by atoms with Crippen molar-refractivity contribution in [2.24, 2.45) is 0 Å². The van der Waals surface area contributed by atoms with Crippen molar-refractivity contribution in [2.75, 3.05) is 0 Å². The molecule has 2 aromatic carbocycles. The Morgan fingerprint density at radius 1 is 1.05 bits per heavy atom. The van der Waals surface area contributed by atoms with Gasteiger partial charge in [-0.15, -0.1) is 0 Å². The highest BCUT2D eigenvalue weighted by Crippen LogP contribution is 2.21. The zero-order chi connectivity index (χ0) is 13.9. The molecule has 0 amide bonds. The molecule has 0 bridgehead atoms. The Morgan fingerprint density at radius 3 is 2.37 bits per heavy atom. The molecule has 0 spiro atoms. The van der Waals surface area contributed by atoms with Crippen LogP contribution in [0, 0.1) is 18.3 Å². The molecule has 2 aromatic rings. The van der Waals surface area contributed by atoms with Crippen molar-refractivity contribution in [2.45, 2.75) is 17.6 Å². The molecule has 0 heterocycles. The highest BCUT2D eigenvalue weighted by Gasteiger charge is 2.18. The van der Waals surface area contributed by atoms with Crippen LogP contribution in [0.4, 0.5) is 0 Å². The Labute approximate surface area is 113 Å². The molecule has 3 nitrogen and oxygen atoms in total. The van der Waals surface area contributed by atoms with Gasteiger partial charge in [0.1, 0.15) is 0 Å². The van der Waals surface area contributed by atoms with E-state index >= 15 is 0 Å². The van der Waals surface area contributed by atoms with Crippen LogP contribution in [0.15, 0.2) is 53.4 Å². The van der Waals surface area contributed by atoms with Gasteiger partial charge >= 0.3 is 0 Å². The smallest absolute Gasteiger partial charge is 0.182 e. The molecule has 0 unspecified atom stereocenters. The van der Waals surface area contributed by atoms with Gasteiger partial charge in [-0.05, 0) is 30.2 Å². The van der Waals surface area contributed by atoms with Gasteiger partial charge in [0.05, 0.1) is 22.3 Å². The third kappa shape index (κ3) is 2.83. The number of sulfone groups is 1. The predicted octanol–water partition coefficient (Wildman–Crippen LogP) is 2.84. The quantitative estimate of drug-likeness (QED) is 0.862. The van der Waals surface area contributed by atoms with E-state index in [9.17, 15) is 8.42 Å². The highest BCUT2D eigenvalue weighted by molar-refractivity contribution is 7.90. The summed E-state index contributed by atoms with van der Waals surface area (Å²) in [5.74, 6) is -0.151. The van der Waals surface area contributed by atoms with Crippen LogP contribution in [0.25, 0.3) is 0 Å². The van der Waals surface area contributed by atoms with Crippen LogP contribution in [0.5, 0.6) is 0 Å². The second kappa shape index (κ2) is 5.25. The van der Waals surface area contributed by atoms with E-state index in [1.165, 1.54) is 0 Å². The molecule has 0 aromatic heterocycles. The van der Waals surface area contributed by atoms with Gasteiger partial charge in [0.2, 0.25) is 0 Å². The minimum absolute atomic E-state index is 0.151. The third-order valence-electron chi connectivity index (χ3n) is 2.91. The molecule has 0 saturated heterocycles. The minimum atomic E-state index is -3.43. The summed E-state index contributed by atoms with van der Waals surface area (Å²) in [6, 6.07) is 15.7. The molecule has 0 saturated carbocycles. The lowest BCUT2D eigenvalue weighted by Crippen LogP contribution is -2.07. The van der Waals surface area contributed by atoms with Gasteiger partial charge in [0.15, 0.2) is 9.84 Å². The summed E-state index contributed by atoms with van der Waals surface area (Å²) in [6.07, 6.45) is 0. The van der Waals surface area contributed by atoms with Crippen molar-refractivity contribution in [3.63, 3.8) is 0 Å². The maximum atomic E-state index is 12.4. The van der Waals surface area contributed by atoms with Crippen molar-refractivity contribution < 1.29 is 8.42 Å². The summed E-state index contributed by atoms with van der Waals surface area (Å²) in [4.78, 5) is 0.322. The standard InChI is InChI=1S/C15H13NO2S/c1-12-6-2-5-9-15(12)19(17,18)11-14-8-4-3-7-13(14)10-16/h2-9H,11H2,1H3. The van der Waals surface area contributed by atoms with Crippen LogP contribution in [0.1, 0.15) is 16.7 Å². The number of rotatable bonds is 3. The Kier molecular flexibility index (Phi) is 3.68. The zero-order valence-electron chi connectivity index (χ0n) is 10.5. The minimum Gasteiger partial charge on any atom is -0.223 e. The normalized spacial score (nSPS) is 10.9. The topological polar surface area (TPSA) is 57.9 Å². The summed E-state index contributed by atoms with van der Waals surface area (Å²) in [7, 11) is -3.43. The van der Waals surface area contributed by atoms with Gasteiger partial charge in [-0.1, -0.05) is 36.4 Å². The summed E-state index contributed by atoms with van der Waals surface area (Å²) in [5, 5.41) is 9.00. The number of aryl methyl sites for hydroxylation is 1. The third-order valence-corrected chi connectivity index (χ3v) is 4.73. The first-order valence-corrected chi connectivity index (χ1v) is 7.46. The van der Waals surface area contributed by atoms with Crippen molar-refractivity contribution in [3.8, 4) is 6.07 Å². The van der Waals surface area contributed by atoms with Crippen LogP contribution in [-0.2, 0) is 15.6 Å². The van der Waals surface area contributed by atoms with E-state index in [0.717, 1.165) is 5.56 Å². The van der Waals surface area contributed by atoms with E-state index in [1.807, 2.05) is 6.07 Å². The van der Waals surface area contributed by atoms with E-state index in [2.05, 4.69) is 0 Å². The molecule has 4 heteroatoms. The number of benzene rings is 2. The molecule has 0 aliphatic carbocycles. The van der Waals surface area contributed by atoms with E-state index in [-0.39, 0.29) is 5.75 Å². The molecular formula is C15H13NO2S. The Bertz CT molecular complexity index is 743.